The van der Waals surface area contributed by atoms with Gasteiger partial charge in [-0.05, 0) is 6.08 Å². The van der Waals surface area contributed by atoms with Crippen LogP contribution in [0.25, 0.3) is 0 Å². The quantitative estimate of drug-likeness (QED) is 0.218. The maximum atomic E-state index is 14.6. The van der Waals surface area contributed by atoms with Crippen LogP contribution in [0.5, 0.6) is 0 Å². The number of phosphoric acid groups is 3. The number of ether oxygens (including phenoxy) is 1. The van der Waals surface area contributed by atoms with Crippen LogP contribution in [0.1, 0.15) is 0 Å². The van der Waals surface area contributed by atoms with E-state index in [2.05, 4.69) is 24.7 Å². The van der Waals surface area contributed by atoms with E-state index in [0.29, 0.717) is 0 Å². The van der Waals surface area contributed by atoms with Crippen LogP contribution in [0.15, 0.2) is 29.7 Å². The first-order valence-corrected chi connectivity index (χ1v) is 12.4. The van der Waals surface area contributed by atoms with E-state index in [1.807, 2.05) is 0 Å². The number of aliphatic hydroxyl groups excluding tert-OH is 1. The van der Waals surface area contributed by atoms with Crippen LogP contribution in [-0.4, -0.2) is 72.8 Å². The Morgan fingerprint density at radius 3 is 2.39 bits per heavy atom. The zero-order chi connectivity index (χ0) is 23.8. The average Bonchev–Trinajstić information content (AvgIpc) is 2.82. The molecule has 0 radical (unpaired) electrons. The SMILES string of the molecule is C=C1N=C(N)C=CN1[C@@H]1O[C@](CF)(COP(=O)(O)OP(=O)(O)OP(=O)(O)O)[C@@H](O)[C@@H]1F. The predicted octanol–water partition coefficient (Wildman–Crippen LogP) is -0.249. The summed E-state index contributed by atoms with van der Waals surface area (Å²) in [6.45, 7) is 0.419. The molecule has 20 heteroatoms. The molecule has 2 rings (SSSR count). The number of nitrogens with zero attached hydrogens (tertiary/aromatic N) is 2. The molecule has 0 aromatic rings. The van der Waals surface area contributed by atoms with Gasteiger partial charge in [0.25, 0.3) is 0 Å². The van der Waals surface area contributed by atoms with Crippen LogP contribution in [0, 0.1) is 0 Å². The van der Waals surface area contributed by atoms with Gasteiger partial charge in [0.1, 0.15) is 24.4 Å². The van der Waals surface area contributed by atoms with Gasteiger partial charge >= 0.3 is 23.5 Å². The number of halogens is 2. The Labute approximate surface area is 172 Å². The molecule has 0 saturated carbocycles. The maximum absolute atomic E-state index is 14.6. The lowest BCUT2D eigenvalue weighted by molar-refractivity contribution is -0.140. The number of hydrogen-bond acceptors (Lipinski definition) is 11. The van der Waals surface area contributed by atoms with Gasteiger partial charge < -0.3 is 40.1 Å². The van der Waals surface area contributed by atoms with Crippen molar-refractivity contribution in [3.63, 3.8) is 0 Å². The molecule has 31 heavy (non-hydrogen) atoms. The van der Waals surface area contributed by atoms with E-state index in [1.165, 1.54) is 12.3 Å². The topological polar surface area (TPSA) is 231 Å². The summed E-state index contributed by atoms with van der Waals surface area (Å²) < 4.78 is 78.6. The van der Waals surface area contributed by atoms with E-state index in [0.717, 1.165) is 4.90 Å². The van der Waals surface area contributed by atoms with Gasteiger partial charge in [0.15, 0.2) is 18.0 Å². The third kappa shape index (κ3) is 6.48. The van der Waals surface area contributed by atoms with Crippen molar-refractivity contribution in [1.29, 1.82) is 0 Å². The smallest absolute Gasteiger partial charge is 0.387 e. The van der Waals surface area contributed by atoms with Gasteiger partial charge in [0, 0.05) is 6.20 Å². The third-order valence-corrected chi connectivity index (χ3v) is 7.60. The lowest BCUT2D eigenvalue weighted by Crippen LogP contribution is -2.48. The molecule has 1 fully saturated rings. The summed E-state index contributed by atoms with van der Waals surface area (Å²) in [6, 6.07) is 0. The van der Waals surface area contributed by atoms with Gasteiger partial charge in [-0.2, -0.15) is 8.62 Å². The van der Waals surface area contributed by atoms with Crippen LogP contribution < -0.4 is 5.73 Å². The Morgan fingerprint density at radius 1 is 1.26 bits per heavy atom. The summed E-state index contributed by atoms with van der Waals surface area (Å²) in [5, 5.41) is 10.1. The van der Waals surface area contributed by atoms with Crippen LogP contribution in [0.4, 0.5) is 8.78 Å². The molecule has 0 aromatic heterocycles. The minimum absolute atomic E-state index is 0.0135. The molecule has 0 aliphatic carbocycles. The molecule has 0 amide bonds. The highest BCUT2D eigenvalue weighted by Gasteiger charge is 2.58. The molecule has 1 saturated heterocycles. The van der Waals surface area contributed by atoms with Crippen molar-refractivity contribution in [2.24, 2.45) is 10.7 Å². The Bertz CT molecular complexity index is 927. The Morgan fingerprint density at radius 2 is 1.87 bits per heavy atom. The van der Waals surface area contributed by atoms with Crippen molar-refractivity contribution >= 4 is 29.3 Å². The van der Waals surface area contributed by atoms with E-state index >= 15 is 0 Å². The molecule has 6 atom stereocenters. The van der Waals surface area contributed by atoms with Gasteiger partial charge in [0.2, 0.25) is 0 Å². The van der Waals surface area contributed by atoms with E-state index < -0.39 is 60.9 Å². The Hall–Kier alpha value is -1.06. The summed E-state index contributed by atoms with van der Waals surface area (Å²) in [4.78, 5) is 40.2. The summed E-state index contributed by atoms with van der Waals surface area (Å²) in [7, 11) is -17.1. The van der Waals surface area contributed by atoms with Crippen molar-refractivity contribution < 1.29 is 65.0 Å². The second-order valence-electron chi connectivity index (χ2n) is 6.14. The van der Waals surface area contributed by atoms with Crippen molar-refractivity contribution in [2.75, 3.05) is 13.3 Å². The first-order valence-electron chi connectivity index (χ1n) is 7.85. The number of amidine groups is 1. The number of nitrogens with two attached hydrogens (primary N) is 1. The third-order valence-electron chi connectivity index (χ3n) is 3.82. The monoisotopic (exact) mass is 515 g/mol. The maximum Gasteiger partial charge on any atom is 0.490 e. The zero-order valence-electron chi connectivity index (χ0n) is 15.2. The normalized spacial score (nSPS) is 33.1. The van der Waals surface area contributed by atoms with Crippen LogP contribution >= 0.6 is 23.5 Å². The lowest BCUT2D eigenvalue weighted by atomic mass is 9.98. The minimum atomic E-state index is -5.83. The van der Waals surface area contributed by atoms with Crippen LogP contribution in [0.2, 0.25) is 0 Å². The molecule has 2 heterocycles. The zero-order valence-corrected chi connectivity index (χ0v) is 17.9. The predicted molar refractivity (Wildman–Crippen MR) is 96.0 cm³/mol. The molecule has 178 valence electrons. The van der Waals surface area contributed by atoms with Gasteiger partial charge in [-0.25, -0.2) is 27.5 Å². The minimum Gasteiger partial charge on any atom is -0.387 e. The van der Waals surface area contributed by atoms with E-state index in [4.69, 9.17) is 25.2 Å². The standard InChI is InChI=1S/C11H18F2N3O12P3/c1-6-15-7(14)2-3-16(6)10-8(13)9(17)11(4-12,26-10)5-25-30(21,22)28-31(23,24)27-29(18,19)20/h2-3,8-10,17H,1,4-5H2,(H2,14,15)(H,21,22)(H,23,24)(H2,18,19,20)/t8-,9-,10+,11+/m0/s1. The fourth-order valence-corrected chi connectivity index (χ4v) is 5.59. The lowest BCUT2D eigenvalue weighted by Gasteiger charge is -2.32. The molecule has 15 nitrogen and oxygen atoms in total. The number of rotatable bonds is 9. The molecule has 0 aromatic carbocycles. The summed E-state index contributed by atoms with van der Waals surface area (Å²) >= 11 is 0. The van der Waals surface area contributed by atoms with Crippen molar-refractivity contribution in [1.82, 2.24) is 4.90 Å². The van der Waals surface area contributed by atoms with Crippen LogP contribution in [-0.2, 0) is 31.6 Å². The second-order valence-corrected chi connectivity index (χ2v) is 10.6. The van der Waals surface area contributed by atoms with Gasteiger partial charge in [-0.3, -0.25) is 4.52 Å². The largest absolute Gasteiger partial charge is 0.490 e. The van der Waals surface area contributed by atoms with Crippen molar-refractivity contribution in [2.45, 2.75) is 24.1 Å². The van der Waals surface area contributed by atoms with E-state index in [1.54, 1.807) is 0 Å². The van der Waals surface area contributed by atoms with Crippen LogP contribution in [0.3, 0.4) is 0 Å². The Kier molecular flexibility index (Phi) is 7.65. The summed E-state index contributed by atoms with van der Waals surface area (Å²) in [6.07, 6.45) is -3.93. The highest BCUT2D eigenvalue weighted by Crippen LogP contribution is 2.66. The van der Waals surface area contributed by atoms with E-state index in [-0.39, 0.29) is 11.7 Å². The molecular formula is C11H18F2N3O12P3. The fourth-order valence-electron chi connectivity index (χ4n) is 2.51. The summed E-state index contributed by atoms with van der Waals surface area (Å²) in [5.41, 5.74) is 2.85. The first kappa shape index (κ1) is 26.2. The molecule has 2 unspecified atom stereocenters. The fraction of sp³-hybridized carbons (Fsp3) is 0.545. The molecule has 7 N–H and O–H groups in total. The van der Waals surface area contributed by atoms with Crippen molar-refractivity contribution in [3.05, 3.63) is 24.7 Å². The number of phosphoric ester groups is 1. The van der Waals surface area contributed by atoms with Gasteiger partial charge in [-0.15, -0.1) is 0 Å². The highest BCUT2D eigenvalue weighted by molar-refractivity contribution is 7.66. The molecule has 0 spiro atoms. The Balaban J connectivity index is 2.14. The molecule has 2 aliphatic heterocycles. The molecule has 0 bridgehead atoms. The molecular weight excluding hydrogens is 497 g/mol. The average molecular weight is 515 g/mol. The summed E-state index contributed by atoms with van der Waals surface area (Å²) in [5.74, 6) is -0.123. The second kappa shape index (κ2) is 9.06. The number of aliphatic imine (C=N–C) groups is 1. The van der Waals surface area contributed by atoms with Crippen molar-refractivity contribution in [3.8, 4) is 0 Å². The van der Waals surface area contributed by atoms with E-state index in [9.17, 15) is 32.5 Å². The van der Waals surface area contributed by atoms with Gasteiger partial charge in [0.05, 0.1) is 6.61 Å². The molecule has 2 aliphatic rings. The number of hydrogen-bond donors (Lipinski definition) is 6. The first-order chi connectivity index (χ1) is 14.0. The number of alkyl halides is 2. The number of aliphatic hydroxyl groups is 1. The highest BCUT2D eigenvalue weighted by atomic mass is 31.3. The van der Waals surface area contributed by atoms with Gasteiger partial charge in [-0.1, -0.05) is 6.58 Å².